The van der Waals surface area contributed by atoms with Crippen LogP contribution in [-0.2, 0) is 4.79 Å². The summed E-state index contributed by atoms with van der Waals surface area (Å²) in [4.78, 5) is 24.6. The summed E-state index contributed by atoms with van der Waals surface area (Å²) in [5.74, 6) is 0.878. The monoisotopic (exact) mass is 575 g/mol. The SMILES string of the molecule is CC(C)C12CN(c3cc(-c4cc(F)cc(-c5ccc(N(C=O)/C=C\N(C)C)c(Cl)c5)c4O)ccn3)CC3CCC1N32. The zero-order valence-electron chi connectivity index (χ0n) is 23.8. The first-order chi connectivity index (χ1) is 19.6. The van der Waals surface area contributed by atoms with Gasteiger partial charge in [-0.2, -0.15) is 0 Å². The quantitative estimate of drug-likeness (QED) is 0.264. The van der Waals surface area contributed by atoms with E-state index in [4.69, 9.17) is 16.6 Å². The van der Waals surface area contributed by atoms with Crippen molar-refractivity contribution in [3.63, 3.8) is 0 Å². The molecular formula is C32H35ClFN5O2. The normalized spacial score (nSPS) is 24.6. The smallest absolute Gasteiger partial charge is 0.218 e. The van der Waals surface area contributed by atoms with E-state index in [1.165, 1.54) is 29.9 Å². The molecule has 3 saturated heterocycles. The number of amides is 1. The van der Waals surface area contributed by atoms with Gasteiger partial charge in [0, 0.05) is 69.0 Å². The van der Waals surface area contributed by atoms with Gasteiger partial charge in [-0.15, -0.1) is 0 Å². The maximum absolute atomic E-state index is 15.0. The molecule has 1 aromatic heterocycles. The number of aromatic nitrogens is 1. The minimum Gasteiger partial charge on any atom is -0.507 e. The van der Waals surface area contributed by atoms with Gasteiger partial charge in [0.05, 0.1) is 16.2 Å². The van der Waals surface area contributed by atoms with Crippen LogP contribution < -0.4 is 9.80 Å². The number of phenols is 1. The number of rotatable bonds is 8. The highest BCUT2D eigenvalue weighted by Crippen LogP contribution is 2.58. The lowest BCUT2D eigenvalue weighted by atomic mass is 9.85. The lowest BCUT2D eigenvalue weighted by Gasteiger charge is -2.41. The van der Waals surface area contributed by atoms with Crippen LogP contribution in [0.5, 0.6) is 5.75 Å². The third-order valence-corrected chi connectivity index (χ3v) is 9.30. The fourth-order valence-electron chi connectivity index (χ4n) is 7.00. The summed E-state index contributed by atoms with van der Waals surface area (Å²) in [5.41, 5.74) is 2.61. The fourth-order valence-corrected chi connectivity index (χ4v) is 7.28. The highest BCUT2D eigenvalue weighted by molar-refractivity contribution is 6.34. The zero-order valence-corrected chi connectivity index (χ0v) is 24.5. The predicted molar refractivity (Wildman–Crippen MR) is 162 cm³/mol. The van der Waals surface area contributed by atoms with Crippen molar-refractivity contribution in [3.8, 4) is 28.0 Å². The van der Waals surface area contributed by atoms with Crippen molar-refractivity contribution in [2.75, 3.05) is 37.0 Å². The summed E-state index contributed by atoms with van der Waals surface area (Å²) < 4.78 is 15.0. The molecule has 9 heteroatoms. The van der Waals surface area contributed by atoms with Gasteiger partial charge in [-0.3, -0.25) is 14.6 Å². The van der Waals surface area contributed by atoms with E-state index in [1.54, 1.807) is 47.8 Å². The van der Waals surface area contributed by atoms with Crippen molar-refractivity contribution < 1.29 is 14.3 Å². The number of carbonyl (C=O) groups excluding carboxylic acids is 1. The van der Waals surface area contributed by atoms with Gasteiger partial charge in [0.1, 0.15) is 17.4 Å². The Balaban J connectivity index is 1.32. The van der Waals surface area contributed by atoms with Gasteiger partial charge in [-0.25, -0.2) is 9.37 Å². The number of hydrogen-bond donors (Lipinski definition) is 1. The average molecular weight is 576 g/mol. The number of piperazine rings is 1. The van der Waals surface area contributed by atoms with Crippen LogP contribution in [0.1, 0.15) is 26.7 Å². The fraction of sp³-hybridized carbons (Fsp3) is 0.375. The number of halogens is 2. The molecule has 4 heterocycles. The predicted octanol–water partition coefficient (Wildman–Crippen LogP) is 5.97. The number of benzene rings is 2. The van der Waals surface area contributed by atoms with Crippen LogP contribution in [0.3, 0.4) is 0 Å². The molecule has 3 aliphatic heterocycles. The number of carbonyl (C=O) groups is 1. The van der Waals surface area contributed by atoms with E-state index in [-0.39, 0.29) is 11.3 Å². The number of anilines is 2. The van der Waals surface area contributed by atoms with E-state index in [0.717, 1.165) is 18.9 Å². The summed E-state index contributed by atoms with van der Waals surface area (Å²) in [5, 5.41) is 11.7. The highest BCUT2D eigenvalue weighted by atomic mass is 35.5. The van der Waals surface area contributed by atoms with E-state index in [2.05, 4.69) is 23.6 Å². The molecule has 214 valence electrons. The van der Waals surface area contributed by atoms with Crippen LogP contribution in [0.25, 0.3) is 22.3 Å². The second-order valence-electron chi connectivity index (χ2n) is 11.9. The zero-order chi connectivity index (χ0) is 29.1. The van der Waals surface area contributed by atoms with E-state index in [9.17, 15) is 9.90 Å². The number of aromatic hydroxyl groups is 1. The van der Waals surface area contributed by atoms with Gasteiger partial charge in [-0.05, 0) is 66.3 Å². The topological polar surface area (TPSA) is 62.9 Å². The first-order valence-electron chi connectivity index (χ1n) is 14.0. The Kier molecular flexibility index (Phi) is 6.94. The molecule has 7 nitrogen and oxygen atoms in total. The van der Waals surface area contributed by atoms with E-state index in [1.807, 2.05) is 20.2 Å². The molecule has 0 bridgehead atoms. The Hall–Kier alpha value is -3.62. The molecule has 0 aliphatic carbocycles. The van der Waals surface area contributed by atoms with Gasteiger partial charge >= 0.3 is 0 Å². The Labute approximate surface area is 245 Å². The van der Waals surface area contributed by atoms with E-state index in [0.29, 0.717) is 57.4 Å². The van der Waals surface area contributed by atoms with Crippen molar-refractivity contribution in [2.24, 2.45) is 5.92 Å². The third-order valence-electron chi connectivity index (χ3n) is 9.00. The number of pyridine rings is 1. The first-order valence-corrected chi connectivity index (χ1v) is 14.4. The van der Waals surface area contributed by atoms with Crippen LogP contribution in [0, 0.1) is 11.7 Å². The standard InChI is InChI=1S/C32H35ClFN5O2/c1-20(2)32-18-38(17-24-6-8-29(32)39(24)32)30-14-22(9-10-35-30)26-16-23(34)15-25(31(26)41)21-5-7-28(27(33)13-21)37(19-40)12-11-36(3)4/h5,7,9-16,19-20,24,29,41H,6,8,17-18H2,1-4H3/b12-11-. The Bertz CT molecular complexity index is 1530. The molecule has 3 aromatic rings. The molecule has 1 N–H and O–H groups in total. The Morgan fingerprint density at radius 2 is 1.83 bits per heavy atom. The summed E-state index contributed by atoms with van der Waals surface area (Å²) >= 11 is 6.56. The largest absolute Gasteiger partial charge is 0.507 e. The van der Waals surface area contributed by atoms with Crippen LogP contribution >= 0.6 is 11.6 Å². The number of piperidine rings is 1. The van der Waals surface area contributed by atoms with Crippen LogP contribution in [0.15, 0.2) is 61.1 Å². The van der Waals surface area contributed by atoms with Crippen LogP contribution in [0.2, 0.25) is 5.02 Å². The van der Waals surface area contributed by atoms with Gasteiger partial charge in [-0.1, -0.05) is 31.5 Å². The molecule has 4 unspecified atom stereocenters. The molecule has 1 amide bonds. The van der Waals surface area contributed by atoms with Crippen molar-refractivity contribution in [3.05, 3.63) is 71.9 Å². The minimum absolute atomic E-state index is 0.0446. The Morgan fingerprint density at radius 1 is 1.10 bits per heavy atom. The summed E-state index contributed by atoms with van der Waals surface area (Å²) in [7, 11) is 3.69. The molecular weight excluding hydrogens is 541 g/mol. The molecule has 0 spiro atoms. The molecule has 0 saturated carbocycles. The average Bonchev–Trinajstić information content (AvgIpc) is 3.41. The number of nitrogens with zero attached hydrogens (tertiary/aromatic N) is 5. The lowest BCUT2D eigenvalue weighted by Crippen LogP contribution is -2.53. The van der Waals surface area contributed by atoms with Crippen molar-refractivity contribution in [1.82, 2.24) is 14.8 Å². The van der Waals surface area contributed by atoms with Gasteiger partial charge in [0.15, 0.2) is 0 Å². The molecule has 3 fully saturated rings. The molecule has 2 aromatic carbocycles. The van der Waals surface area contributed by atoms with Crippen molar-refractivity contribution in [2.45, 2.75) is 44.3 Å². The van der Waals surface area contributed by atoms with Gasteiger partial charge < -0.3 is 14.9 Å². The highest BCUT2D eigenvalue weighted by Gasteiger charge is 2.71. The summed E-state index contributed by atoms with van der Waals surface area (Å²) in [6.45, 7) is 6.47. The lowest BCUT2D eigenvalue weighted by molar-refractivity contribution is -0.106. The number of phenolic OH excluding ortho intramolecular Hbond substituents is 1. The molecule has 4 atom stereocenters. The molecule has 41 heavy (non-hydrogen) atoms. The van der Waals surface area contributed by atoms with E-state index >= 15 is 4.39 Å². The molecule has 3 aliphatic rings. The maximum Gasteiger partial charge on any atom is 0.218 e. The minimum atomic E-state index is -0.475. The summed E-state index contributed by atoms with van der Waals surface area (Å²) in [6, 6.07) is 12.6. The van der Waals surface area contributed by atoms with Gasteiger partial charge in [0.2, 0.25) is 6.41 Å². The summed E-state index contributed by atoms with van der Waals surface area (Å²) in [6.07, 6.45) is 8.20. The van der Waals surface area contributed by atoms with Crippen LogP contribution in [-0.4, -0.2) is 71.1 Å². The third kappa shape index (κ3) is 4.63. The molecule has 6 rings (SSSR count). The Morgan fingerprint density at radius 3 is 2.49 bits per heavy atom. The first kappa shape index (κ1) is 27.5. The maximum atomic E-state index is 15.0. The van der Waals surface area contributed by atoms with Crippen molar-refractivity contribution in [1.29, 1.82) is 0 Å². The number of hydrogen-bond acceptors (Lipinski definition) is 6. The molecule has 0 radical (unpaired) electrons. The second-order valence-corrected chi connectivity index (χ2v) is 12.3. The second kappa shape index (κ2) is 10.3. The number of fused-ring (bicyclic) bond motifs is 1. The van der Waals surface area contributed by atoms with Crippen LogP contribution in [0.4, 0.5) is 15.9 Å². The van der Waals surface area contributed by atoms with Crippen molar-refractivity contribution >= 4 is 29.5 Å². The van der Waals surface area contributed by atoms with E-state index < -0.39 is 5.82 Å². The van der Waals surface area contributed by atoms with Gasteiger partial charge in [0.25, 0.3) is 0 Å².